The number of halogens is 2. The molecule has 1 aromatic rings. The molecule has 1 heterocycles. The second-order valence-electron chi connectivity index (χ2n) is 3.62. The first-order valence-corrected chi connectivity index (χ1v) is 6.17. The lowest BCUT2D eigenvalue weighted by Crippen LogP contribution is -2.02. The van der Waals surface area contributed by atoms with Crippen LogP contribution >= 0.6 is 34.5 Å². The lowest BCUT2D eigenvalue weighted by atomic mass is 9.97. The summed E-state index contributed by atoms with van der Waals surface area (Å²) >= 11 is 13.4. The second kappa shape index (κ2) is 5.23. The summed E-state index contributed by atoms with van der Waals surface area (Å²) in [4.78, 5) is 1.31. The third-order valence-electron chi connectivity index (χ3n) is 1.94. The van der Waals surface area contributed by atoms with Crippen molar-refractivity contribution < 1.29 is 0 Å². The van der Waals surface area contributed by atoms with E-state index in [0.717, 1.165) is 10.8 Å². The minimum absolute atomic E-state index is 0.471. The molecule has 13 heavy (non-hydrogen) atoms. The molecule has 1 atom stereocenters. The molecule has 0 aliphatic carbocycles. The van der Waals surface area contributed by atoms with Gasteiger partial charge in [0.2, 0.25) is 0 Å². The van der Waals surface area contributed by atoms with Gasteiger partial charge in [0.1, 0.15) is 0 Å². The Balaban J connectivity index is 2.66. The first kappa shape index (κ1) is 11.4. The number of alkyl halides is 1. The van der Waals surface area contributed by atoms with Crippen LogP contribution in [0.25, 0.3) is 0 Å². The van der Waals surface area contributed by atoms with Crippen molar-refractivity contribution in [2.24, 2.45) is 5.92 Å². The van der Waals surface area contributed by atoms with Crippen molar-refractivity contribution in [3.05, 3.63) is 21.3 Å². The Bertz CT molecular complexity index is 255. The van der Waals surface area contributed by atoms with Crippen LogP contribution in [-0.4, -0.2) is 5.88 Å². The van der Waals surface area contributed by atoms with Crippen LogP contribution in [-0.2, 0) is 0 Å². The zero-order valence-corrected chi connectivity index (χ0v) is 10.2. The molecule has 0 saturated heterocycles. The fourth-order valence-electron chi connectivity index (χ4n) is 1.37. The van der Waals surface area contributed by atoms with E-state index in [1.54, 1.807) is 11.3 Å². The van der Waals surface area contributed by atoms with Gasteiger partial charge in [0.25, 0.3) is 0 Å². The van der Waals surface area contributed by atoms with E-state index in [9.17, 15) is 0 Å². The van der Waals surface area contributed by atoms with Crippen LogP contribution in [0.2, 0.25) is 4.34 Å². The summed E-state index contributed by atoms with van der Waals surface area (Å²) in [5, 5.41) is 0. The molecule has 0 N–H and O–H groups in total. The van der Waals surface area contributed by atoms with Crippen molar-refractivity contribution in [1.82, 2.24) is 0 Å². The molecule has 0 amide bonds. The van der Waals surface area contributed by atoms with Gasteiger partial charge in [0.05, 0.1) is 4.34 Å². The molecule has 0 bridgehead atoms. The predicted octanol–water partition coefficient (Wildman–Crippen LogP) is 4.77. The molecule has 0 fully saturated rings. The van der Waals surface area contributed by atoms with Gasteiger partial charge in [-0.1, -0.05) is 25.4 Å². The van der Waals surface area contributed by atoms with E-state index in [1.165, 1.54) is 4.88 Å². The highest BCUT2D eigenvalue weighted by Gasteiger charge is 2.14. The van der Waals surface area contributed by atoms with E-state index in [1.807, 2.05) is 6.07 Å². The molecular formula is C10H14Cl2S. The summed E-state index contributed by atoms with van der Waals surface area (Å²) in [7, 11) is 0. The third kappa shape index (κ3) is 3.49. The van der Waals surface area contributed by atoms with E-state index in [0.29, 0.717) is 17.7 Å². The molecule has 0 saturated carbocycles. The molecule has 0 radical (unpaired) electrons. The number of rotatable bonds is 4. The Labute approximate surface area is 93.9 Å². The molecule has 0 aliphatic rings. The second-order valence-corrected chi connectivity index (χ2v) is 5.68. The number of hydrogen-bond acceptors (Lipinski definition) is 1. The Morgan fingerprint density at radius 2 is 2.08 bits per heavy atom. The van der Waals surface area contributed by atoms with Crippen molar-refractivity contribution in [3.63, 3.8) is 0 Å². The summed E-state index contributed by atoms with van der Waals surface area (Å²) in [5.74, 6) is 1.85. The first-order chi connectivity index (χ1) is 6.13. The van der Waals surface area contributed by atoms with Crippen molar-refractivity contribution >= 4 is 34.5 Å². The fourth-order valence-corrected chi connectivity index (χ4v) is 2.93. The van der Waals surface area contributed by atoms with Gasteiger partial charge in [-0.25, -0.2) is 0 Å². The van der Waals surface area contributed by atoms with Crippen LogP contribution in [0.4, 0.5) is 0 Å². The average Bonchev–Trinajstić information content (AvgIpc) is 2.47. The van der Waals surface area contributed by atoms with Gasteiger partial charge < -0.3 is 0 Å². The van der Waals surface area contributed by atoms with Crippen LogP contribution < -0.4 is 0 Å². The van der Waals surface area contributed by atoms with E-state index in [4.69, 9.17) is 23.2 Å². The highest BCUT2D eigenvalue weighted by Crippen LogP contribution is 2.32. The zero-order valence-electron chi connectivity index (χ0n) is 7.89. The number of hydrogen-bond donors (Lipinski definition) is 0. The molecule has 0 aromatic carbocycles. The Morgan fingerprint density at radius 1 is 1.38 bits per heavy atom. The minimum atomic E-state index is 0.471. The zero-order chi connectivity index (χ0) is 9.84. The van der Waals surface area contributed by atoms with E-state index >= 15 is 0 Å². The summed E-state index contributed by atoms with van der Waals surface area (Å²) in [6.45, 7) is 4.43. The van der Waals surface area contributed by atoms with Crippen molar-refractivity contribution in [2.45, 2.75) is 26.2 Å². The topological polar surface area (TPSA) is 0 Å². The molecule has 1 aromatic heterocycles. The maximum Gasteiger partial charge on any atom is 0.0931 e. The Morgan fingerprint density at radius 3 is 2.46 bits per heavy atom. The fraction of sp³-hybridized carbons (Fsp3) is 0.600. The SMILES string of the molecule is CC(C)CC(CCl)c1ccc(Cl)s1. The van der Waals surface area contributed by atoms with Crippen molar-refractivity contribution in [1.29, 1.82) is 0 Å². The summed E-state index contributed by atoms with van der Waals surface area (Å²) in [5.41, 5.74) is 0. The van der Waals surface area contributed by atoms with Crippen molar-refractivity contribution in [3.8, 4) is 0 Å². The normalized spacial score (nSPS) is 13.6. The van der Waals surface area contributed by atoms with Crippen LogP contribution in [0.15, 0.2) is 12.1 Å². The van der Waals surface area contributed by atoms with Gasteiger partial charge in [-0.15, -0.1) is 22.9 Å². The van der Waals surface area contributed by atoms with Gasteiger partial charge in [-0.2, -0.15) is 0 Å². The largest absolute Gasteiger partial charge is 0.128 e. The van der Waals surface area contributed by atoms with Gasteiger partial charge in [0, 0.05) is 16.7 Å². The van der Waals surface area contributed by atoms with Gasteiger partial charge in [-0.05, 0) is 24.5 Å². The lowest BCUT2D eigenvalue weighted by molar-refractivity contribution is 0.531. The summed E-state index contributed by atoms with van der Waals surface area (Å²) in [6.07, 6.45) is 1.14. The molecule has 3 heteroatoms. The highest BCUT2D eigenvalue weighted by atomic mass is 35.5. The maximum atomic E-state index is 5.92. The molecule has 0 spiro atoms. The predicted molar refractivity (Wildman–Crippen MR) is 62.2 cm³/mol. The van der Waals surface area contributed by atoms with Gasteiger partial charge >= 0.3 is 0 Å². The van der Waals surface area contributed by atoms with Crippen LogP contribution in [0.5, 0.6) is 0 Å². The molecule has 1 unspecified atom stereocenters. The molecule has 1 rings (SSSR count). The maximum absolute atomic E-state index is 5.92. The molecule has 74 valence electrons. The van der Waals surface area contributed by atoms with Gasteiger partial charge in [0.15, 0.2) is 0 Å². The molecule has 0 aliphatic heterocycles. The van der Waals surface area contributed by atoms with Crippen LogP contribution in [0.3, 0.4) is 0 Å². The quantitative estimate of drug-likeness (QED) is 0.661. The average molecular weight is 237 g/mol. The monoisotopic (exact) mass is 236 g/mol. The van der Waals surface area contributed by atoms with Crippen molar-refractivity contribution in [2.75, 3.05) is 5.88 Å². The Hall–Kier alpha value is 0.280. The van der Waals surface area contributed by atoms with E-state index in [2.05, 4.69) is 19.9 Å². The first-order valence-electron chi connectivity index (χ1n) is 4.44. The summed E-state index contributed by atoms with van der Waals surface area (Å²) in [6, 6.07) is 4.03. The number of thiophene rings is 1. The van der Waals surface area contributed by atoms with Crippen LogP contribution in [0, 0.1) is 5.92 Å². The molecule has 0 nitrogen and oxygen atoms in total. The van der Waals surface area contributed by atoms with E-state index in [-0.39, 0.29) is 0 Å². The van der Waals surface area contributed by atoms with Gasteiger partial charge in [-0.3, -0.25) is 0 Å². The van der Waals surface area contributed by atoms with E-state index < -0.39 is 0 Å². The standard InChI is InChI=1S/C10H14Cl2S/c1-7(2)5-8(6-11)9-3-4-10(12)13-9/h3-4,7-8H,5-6H2,1-2H3. The lowest BCUT2D eigenvalue weighted by Gasteiger charge is -2.13. The summed E-state index contributed by atoms with van der Waals surface area (Å²) < 4.78 is 0.855. The Kier molecular flexibility index (Phi) is 4.57. The minimum Gasteiger partial charge on any atom is -0.128 e. The third-order valence-corrected chi connectivity index (χ3v) is 3.70. The van der Waals surface area contributed by atoms with Crippen LogP contribution in [0.1, 0.15) is 31.1 Å². The smallest absolute Gasteiger partial charge is 0.0931 e. The molecular weight excluding hydrogens is 223 g/mol. The highest BCUT2D eigenvalue weighted by molar-refractivity contribution is 7.16.